The molecule has 2 aromatic heterocycles. The van der Waals surface area contributed by atoms with Gasteiger partial charge in [-0.25, -0.2) is 0 Å². The molecule has 0 aliphatic carbocycles. The second-order valence-electron chi connectivity index (χ2n) is 3.84. The molecule has 2 heterocycles. The Hall–Kier alpha value is -2.81. The van der Waals surface area contributed by atoms with Crippen LogP contribution in [-0.4, -0.2) is 11.7 Å². The maximum absolute atomic E-state index is 11.8. The van der Waals surface area contributed by atoms with Crippen LogP contribution in [-0.2, 0) is 0 Å². The summed E-state index contributed by atoms with van der Waals surface area (Å²) >= 11 is 0. The van der Waals surface area contributed by atoms with E-state index in [0.717, 1.165) is 0 Å². The summed E-state index contributed by atoms with van der Waals surface area (Å²) in [6.07, 6.45) is 1.36. The monoisotopic (exact) mass is 258 g/mol. The molecule has 0 spiro atoms. The molecule has 0 unspecified atom stereocenters. The number of anilines is 1. The Morgan fingerprint density at radius 3 is 2.68 bits per heavy atom. The fourth-order valence-corrected chi connectivity index (χ4v) is 1.74. The van der Waals surface area contributed by atoms with Crippen molar-refractivity contribution in [3.63, 3.8) is 0 Å². The summed E-state index contributed by atoms with van der Waals surface area (Å²) in [5.74, 6) is -0.519. The summed E-state index contributed by atoms with van der Waals surface area (Å²) in [5, 5.41) is 11.5. The third-order valence-electron chi connectivity index (χ3n) is 2.52. The molecule has 19 heavy (non-hydrogen) atoms. The van der Waals surface area contributed by atoms with Gasteiger partial charge < -0.3 is 8.83 Å². The lowest BCUT2D eigenvalue weighted by Gasteiger charge is -1.99. The van der Waals surface area contributed by atoms with Crippen LogP contribution in [0.2, 0.25) is 0 Å². The van der Waals surface area contributed by atoms with E-state index in [2.05, 4.69) is 5.32 Å². The van der Waals surface area contributed by atoms with Crippen LogP contribution in [0.5, 0.6) is 0 Å². The molecular weight excluding hydrogens is 248 g/mol. The SMILES string of the molecule is CC(=O)c1c(C)oc(NC(=O)c2ccco2)c1C#N. The number of hydrogen-bond donors (Lipinski definition) is 1. The number of carbonyl (C=O) groups excluding carboxylic acids is 2. The van der Waals surface area contributed by atoms with Crippen molar-refractivity contribution in [3.05, 3.63) is 41.0 Å². The number of Topliss-reactive ketones (excluding diaryl/α,β-unsaturated/α-hetero) is 1. The van der Waals surface area contributed by atoms with E-state index in [4.69, 9.17) is 14.1 Å². The first kappa shape index (κ1) is 12.6. The molecule has 6 nitrogen and oxygen atoms in total. The molecular formula is C13H10N2O4. The van der Waals surface area contributed by atoms with Crippen LogP contribution in [0.25, 0.3) is 0 Å². The van der Waals surface area contributed by atoms with E-state index in [9.17, 15) is 9.59 Å². The molecule has 1 N–H and O–H groups in total. The Kier molecular flexibility index (Phi) is 3.21. The summed E-state index contributed by atoms with van der Waals surface area (Å²) in [4.78, 5) is 23.2. The average Bonchev–Trinajstić information content (AvgIpc) is 2.96. The van der Waals surface area contributed by atoms with Crippen molar-refractivity contribution >= 4 is 17.6 Å². The largest absolute Gasteiger partial charge is 0.459 e. The van der Waals surface area contributed by atoms with E-state index >= 15 is 0 Å². The highest BCUT2D eigenvalue weighted by molar-refractivity contribution is 6.04. The van der Waals surface area contributed by atoms with E-state index in [1.165, 1.54) is 19.3 Å². The lowest BCUT2D eigenvalue weighted by Crippen LogP contribution is -2.11. The molecule has 0 aromatic carbocycles. The molecule has 0 aliphatic rings. The first-order chi connectivity index (χ1) is 9.04. The molecule has 6 heteroatoms. The van der Waals surface area contributed by atoms with Crippen molar-refractivity contribution in [2.24, 2.45) is 0 Å². The first-order valence-electron chi connectivity index (χ1n) is 5.44. The summed E-state index contributed by atoms with van der Waals surface area (Å²) < 4.78 is 10.2. The number of carbonyl (C=O) groups is 2. The summed E-state index contributed by atoms with van der Waals surface area (Å²) in [5.41, 5.74) is 0.196. The van der Waals surface area contributed by atoms with E-state index < -0.39 is 5.91 Å². The topological polar surface area (TPSA) is 96.2 Å². The van der Waals surface area contributed by atoms with Crippen LogP contribution in [0.1, 0.15) is 39.2 Å². The molecule has 0 radical (unpaired) electrons. The Bertz CT molecular complexity index is 674. The molecule has 0 fully saturated rings. The predicted molar refractivity (Wildman–Crippen MR) is 64.8 cm³/mol. The molecule has 1 amide bonds. The number of nitriles is 1. The number of furan rings is 2. The Morgan fingerprint density at radius 2 is 2.16 bits per heavy atom. The van der Waals surface area contributed by atoms with E-state index in [1.807, 2.05) is 6.07 Å². The highest BCUT2D eigenvalue weighted by Crippen LogP contribution is 2.27. The fraction of sp³-hybridized carbons (Fsp3) is 0.154. The van der Waals surface area contributed by atoms with Crippen molar-refractivity contribution < 1.29 is 18.4 Å². The molecule has 0 bridgehead atoms. The van der Waals surface area contributed by atoms with Gasteiger partial charge in [-0.3, -0.25) is 14.9 Å². The van der Waals surface area contributed by atoms with Gasteiger partial charge in [0.2, 0.25) is 5.88 Å². The zero-order valence-corrected chi connectivity index (χ0v) is 10.3. The van der Waals surface area contributed by atoms with Gasteiger partial charge in [0.05, 0.1) is 11.8 Å². The second kappa shape index (κ2) is 4.82. The van der Waals surface area contributed by atoms with Crippen LogP contribution in [0, 0.1) is 18.3 Å². The standard InChI is InChI=1S/C13H10N2O4/c1-7(16)11-8(2)19-13(9(11)6-14)15-12(17)10-4-3-5-18-10/h3-5H,1-2H3,(H,15,17). The van der Waals surface area contributed by atoms with Crippen molar-refractivity contribution in [1.82, 2.24) is 0 Å². The maximum Gasteiger partial charge on any atom is 0.293 e. The Balaban J connectivity index is 2.37. The lowest BCUT2D eigenvalue weighted by molar-refractivity contribution is 0.0991. The normalized spacial score (nSPS) is 9.95. The van der Waals surface area contributed by atoms with Crippen LogP contribution < -0.4 is 5.32 Å². The quantitative estimate of drug-likeness (QED) is 0.853. The molecule has 0 saturated carbocycles. The van der Waals surface area contributed by atoms with E-state index in [1.54, 1.807) is 13.0 Å². The van der Waals surface area contributed by atoms with Gasteiger partial charge in [-0.1, -0.05) is 0 Å². The summed E-state index contributed by atoms with van der Waals surface area (Å²) in [7, 11) is 0. The van der Waals surface area contributed by atoms with Crippen LogP contribution in [0.4, 0.5) is 5.88 Å². The highest BCUT2D eigenvalue weighted by atomic mass is 16.4. The molecule has 0 atom stereocenters. The van der Waals surface area contributed by atoms with Crippen LogP contribution >= 0.6 is 0 Å². The van der Waals surface area contributed by atoms with E-state index in [0.29, 0.717) is 5.76 Å². The van der Waals surface area contributed by atoms with Gasteiger partial charge in [0.15, 0.2) is 11.5 Å². The highest BCUT2D eigenvalue weighted by Gasteiger charge is 2.23. The second-order valence-corrected chi connectivity index (χ2v) is 3.84. The maximum atomic E-state index is 11.8. The van der Waals surface area contributed by atoms with Crippen molar-refractivity contribution in [3.8, 4) is 6.07 Å². The number of rotatable bonds is 3. The van der Waals surface area contributed by atoms with Gasteiger partial charge >= 0.3 is 0 Å². The Morgan fingerprint density at radius 1 is 1.42 bits per heavy atom. The predicted octanol–water partition coefficient (Wildman–Crippen LogP) is 2.51. The van der Waals surface area contributed by atoms with Gasteiger partial charge in [-0.15, -0.1) is 0 Å². The minimum absolute atomic E-state index is 0.0184. The molecule has 96 valence electrons. The third kappa shape index (κ3) is 2.26. The van der Waals surface area contributed by atoms with Crippen LogP contribution in [0.15, 0.2) is 27.2 Å². The smallest absolute Gasteiger partial charge is 0.293 e. The molecule has 2 aromatic rings. The van der Waals surface area contributed by atoms with Gasteiger partial charge in [-0.05, 0) is 26.0 Å². The van der Waals surface area contributed by atoms with Gasteiger partial charge in [0.1, 0.15) is 17.4 Å². The Labute approximate surface area is 108 Å². The minimum Gasteiger partial charge on any atom is -0.459 e. The minimum atomic E-state index is -0.551. The van der Waals surface area contributed by atoms with Gasteiger partial charge in [-0.2, -0.15) is 5.26 Å². The van der Waals surface area contributed by atoms with Gasteiger partial charge in [0, 0.05) is 0 Å². The van der Waals surface area contributed by atoms with Gasteiger partial charge in [0.25, 0.3) is 5.91 Å². The zero-order valence-electron chi connectivity index (χ0n) is 10.3. The van der Waals surface area contributed by atoms with E-state index in [-0.39, 0.29) is 28.6 Å². The number of hydrogen-bond acceptors (Lipinski definition) is 5. The first-order valence-corrected chi connectivity index (χ1v) is 5.44. The molecule has 2 rings (SSSR count). The summed E-state index contributed by atoms with van der Waals surface area (Å²) in [6.45, 7) is 2.89. The van der Waals surface area contributed by atoms with Crippen LogP contribution in [0.3, 0.4) is 0 Å². The summed E-state index contributed by atoms with van der Waals surface area (Å²) in [6, 6.07) is 4.90. The van der Waals surface area contributed by atoms with Crippen molar-refractivity contribution in [2.75, 3.05) is 5.32 Å². The fourth-order valence-electron chi connectivity index (χ4n) is 1.74. The molecule has 0 aliphatic heterocycles. The molecule has 0 saturated heterocycles. The number of amides is 1. The lowest BCUT2D eigenvalue weighted by atomic mass is 10.1. The number of ketones is 1. The third-order valence-corrected chi connectivity index (χ3v) is 2.52. The number of nitrogens with zero attached hydrogens (tertiary/aromatic N) is 1. The zero-order chi connectivity index (χ0) is 14.0. The average molecular weight is 258 g/mol. The van der Waals surface area contributed by atoms with Crippen molar-refractivity contribution in [2.45, 2.75) is 13.8 Å². The number of nitrogens with one attached hydrogen (secondary N) is 1. The van der Waals surface area contributed by atoms with Crippen molar-refractivity contribution in [1.29, 1.82) is 5.26 Å². The number of aryl methyl sites for hydroxylation is 1.